The van der Waals surface area contributed by atoms with Crippen LogP contribution in [0.15, 0.2) is 30.6 Å². The highest BCUT2D eigenvalue weighted by molar-refractivity contribution is 7.70. The number of thiol groups is 1. The van der Waals surface area contributed by atoms with Crippen LogP contribution in [-0.2, 0) is 22.2 Å². The minimum absolute atomic E-state index is 0.0169. The summed E-state index contributed by atoms with van der Waals surface area (Å²) in [5.74, 6) is -0.0169. The summed E-state index contributed by atoms with van der Waals surface area (Å²) < 4.78 is 24.2. The maximum atomic E-state index is 12.8. The Morgan fingerprint density at radius 2 is 1.82 bits per heavy atom. The molecule has 0 saturated carbocycles. The lowest BCUT2D eigenvalue weighted by atomic mass is 9.94. The molecule has 1 aromatic rings. The molecule has 0 spiro atoms. The van der Waals surface area contributed by atoms with Crippen molar-refractivity contribution in [2.24, 2.45) is 5.41 Å². The Morgan fingerprint density at radius 1 is 1.15 bits per heavy atom. The Hall–Kier alpha value is -2.26. The van der Waals surface area contributed by atoms with Crippen LogP contribution in [0.25, 0.3) is 0 Å². The average Bonchev–Trinajstić information content (AvgIpc) is 3.10. The smallest absolute Gasteiger partial charge is 0.339 e. The van der Waals surface area contributed by atoms with Gasteiger partial charge in [-0.25, -0.2) is 17.5 Å². The van der Waals surface area contributed by atoms with Crippen LogP contribution < -0.4 is 4.90 Å². The van der Waals surface area contributed by atoms with Crippen LogP contribution in [0, 0.1) is 5.41 Å². The van der Waals surface area contributed by atoms with Crippen LogP contribution in [0.2, 0.25) is 5.02 Å². The lowest BCUT2D eigenvalue weighted by Crippen LogP contribution is -2.46. The fourth-order valence-corrected chi connectivity index (χ4v) is 4.34. The second kappa shape index (κ2) is 11.2. The van der Waals surface area contributed by atoms with E-state index < -0.39 is 22.3 Å². The minimum Gasteiger partial charge on any atom is -0.351 e. The van der Waals surface area contributed by atoms with Gasteiger partial charge in [0.15, 0.2) is 0 Å². The number of hydrogen-bond donors (Lipinski definition) is 1. The predicted octanol–water partition coefficient (Wildman–Crippen LogP) is 4.42. The summed E-state index contributed by atoms with van der Waals surface area (Å²) in [5.41, 5.74) is 1.02. The number of carbonyl (C=O) groups is 2. The van der Waals surface area contributed by atoms with Gasteiger partial charge < -0.3 is 9.80 Å². The molecule has 0 aliphatic carbocycles. The van der Waals surface area contributed by atoms with Gasteiger partial charge in [0.25, 0.3) is 0 Å². The SMILES string of the molecule is CCCCCN(C(=O)N1C=CN(Cc2ccc(N(C)C(=O)C(C)(C)C)cc2Cl)C1C)[SH](=O)=O. The third-order valence-corrected chi connectivity index (χ3v) is 6.75. The van der Waals surface area contributed by atoms with Crippen LogP contribution >= 0.6 is 11.6 Å². The third-order valence-electron chi connectivity index (χ3n) is 5.64. The standard InChI is InChI=1S/C23H35ClN4O4S/c1-7-8-9-12-28(33(31)32)22(30)27-14-13-26(17(27)2)16-18-10-11-19(15-20(18)24)25(6)21(29)23(3,4)5/h10-11,13-15,17,33H,7-9,12,16H2,1-6H3. The average molecular weight is 499 g/mol. The molecule has 1 aliphatic rings. The first-order valence-corrected chi connectivity index (χ1v) is 12.6. The van der Waals surface area contributed by atoms with E-state index in [1.165, 1.54) is 4.90 Å². The number of carbonyl (C=O) groups excluding carboxylic acids is 2. The maximum absolute atomic E-state index is 12.8. The molecular weight excluding hydrogens is 464 g/mol. The molecular formula is C23H35ClN4O4S. The van der Waals surface area contributed by atoms with E-state index in [9.17, 15) is 18.0 Å². The first kappa shape index (κ1) is 27.0. The summed E-state index contributed by atoms with van der Waals surface area (Å²) >= 11 is 6.52. The molecule has 1 aromatic carbocycles. The van der Waals surface area contributed by atoms with Crippen molar-refractivity contribution in [3.8, 4) is 0 Å². The topological polar surface area (TPSA) is 81.2 Å². The van der Waals surface area contributed by atoms with Crippen LogP contribution in [0.3, 0.4) is 0 Å². The summed E-state index contributed by atoms with van der Waals surface area (Å²) in [7, 11) is -1.29. The number of urea groups is 1. The van der Waals surface area contributed by atoms with Crippen molar-refractivity contribution in [2.45, 2.75) is 66.6 Å². The molecule has 8 nitrogen and oxygen atoms in total. The molecule has 33 heavy (non-hydrogen) atoms. The molecule has 0 saturated heterocycles. The molecule has 1 aliphatic heterocycles. The number of rotatable bonds is 8. The fourth-order valence-electron chi connectivity index (χ4n) is 3.56. The third kappa shape index (κ3) is 6.63. The Labute approximate surface area is 203 Å². The van der Waals surface area contributed by atoms with Crippen LogP contribution in [0.4, 0.5) is 10.5 Å². The van der Waals surface area contributed by atoms with Crippen LogP contribution in [-0.4, -0.2) is 54.2 Å². The van der Waals surface area contributed by atoms with Gasteiger partial charge in [0.1, 0.15) is 6.17 Å². The highest BCUT2D eigenvalue weighted by atomic mass is 35.5. The zero-order chi connectivity index (χ0) is 24.9. The molecule has 184 valence electrons. The van der Waals surface area contributed by atoms with Gasteiger partial charge in [-0.2, -0.15) is 0 Å². The fraction of sp³-hybridized carbons (Fsp3) is 0.565. The summed E-state index contributed by atoms with van der Waals surface area (Å²) in [6, 6.07) is 4.90. The van der Waals surface area contributed by atoms with Crippen molar-refractivity contribution in [3.05, 3.63) is 41.2 Å². The van der Waals surface area contributed by atoms with Gasteiger partial charge in [0.2, 0.25) is 16.8 Å². The van der Waals surface area contributed by atoms with E-state index in [1.54, 1.807) is 30.4 Å². The minimum atomic E-state index is -3.01. The monoisotopic (exact) mass is 498 g/mol. The van der Waals surface area contributed by atoms with E-state index in [2.05, 4.69) is 0 Å². The zero-order valence-electron chi connectivity index (χ0n) is 20.2. The number of anilines is 1. The normalized spacial score (nSPS) is 15.9. The Balaban J connectivity index is 2.10. The quantitative estimate of drug-likeness (QED) is 0.423. The van der Waals surface area contributed by atoms with Crippen molar-refractivity contribution in [1.82, 2.24) is 14.1 Å². The van der Waals surface area contributed by atoms with E-state index in [1.807, 2.05) is 51.7 Å². The molecule has 2 rings (SSSR count). The molecule has 0 radical (unpaired) electrons. The van der Waals surface area contributed by atoms with E-state index in [4.69, 9.17) is 11.6 Å². The highest BCUT2D eigenvalue weighted by Gasteiger charge is 2.32. The summed E-state index contributed by atoms with van der Waals surface area (Å²) in [4.78, 5) is 30.3. The van der Waals surface area contributed by atoms with E-state index in [-0.39, 0.29) is 18.6 Å². The van der Waals surface area contributed by atoms with Crippen molar-refractivity contribution in [3.63, 3.8) is 0 Å². The summed E-state index contributed by atoms with van der Waals surface area (Å²) in [5, 5.41) is 0.510. The summed E-state index contributed by atoms with van der Waals surface area (Å²) in [6.45, 7) is 10.0. The van der Waals surface area contributed by atoms with Gasteiger partial charge in [-0.05, 0) is 31.0 Å². The predicted molar refractivity (Wildman–Crippen MR) is 132 cm³/mol. The van der Waals surface area contributed by atoms with E-state index in [0.29, 0.717) is 23.7 Å². The largest absolute Gasteiger partial charge is 0.351 e. The number of amides is 3. The van der Waals surface area contributed by atoms with Gasteiger partial charge >= 0.3 is 6.03 Å². The summed E-state index contributed by atoms with van der Waals surface area (Å²) in [6.07, 6.45) is 5.40. The molecule has 3 amide bonds. The van der Waals surface area contributed by atoms with Gasteiger partial charge in [-0.3, -0.25) is 9.69 Å². The number of nitrogens with zero attached hydrogens (tertiary/aromatic N) is 4. The Bertz CT molecular complexity index is 966. The molecule has 0 N–H and O–H groups in total. The van der Waals surface area contributed by atoms with Gasteiger partial charge in [-0.1, -0.05) is 58.2 Å². The molecule has 1 heterocycles. The molecule has 0 fully saturated rings. The molecule has 10 heteroatoms. The van der Waals surface area contributed by atoms with Gasteiger partial charge in [0.05, 0.1) is 0 Å². The lowest BCUT2D eigenvalue weighted by molar-refractivity contribution is -0.125. The van der Waals surface area contributed by atoms with Gasteiger partial charge in [0, 0.05) is 48.7 Å². The first-order chi connectivity index (χ1) is 15.4. The second-order valence-electron chi connectivity index (χ2n) is 9.25. The Kier molecular flexibility index (Phi) is 9.20. The van der Waals surface area contributed by atoms with Crippen LogP contribution in [0.5, 0.6) is 0 Å². The van der Waals surface area contributed by atoms with Crippen molar-refractivity contribution < 1.29 is 18.0 Å². The number of hydrogen-bond acceptors (Lipinski definition) is 5. The van der Waals surface area contributed by atoms with Crippen molar-refractivity contribution in [1.29, 1.82) is 0 Å². The van der Waals surface area contributed by atoms with Crippen LogP contribution in [0.1, 0.15) is 59.4 Å². The zero-order valence-corrected chi connectivity index (χ0v) is 21.9. The number of halogens is 1. The molecule has 0 bridgehead atoms. The van der Waals surface area contributed by atoms with Crippen molar-refractivity contribution >= 4 is 40.1 Å². The van der Waals surface area contributed by atoms with Gasteiger partial charge in [-0.15, -0.1) is 0 Å². The maximum Gasteiger partial charge on any atom is 0.339 e. The Morgan fingerprint density at radius 3 is 2.36 bits per heavy atom. The number of benzene rings is 1. The lowest BCUT2D eigenvalue weighted by Gasteiger charge is -2.31. The van der Waals surface area contributed by atoms with E-state index in [0.717, 1.165) is 22.7 Å². The molecule has 1 unspecified atom stereocenters. The first-order valence-electron chi connectivity index (χ1n) is 11.1. The second-order valence-corrected chi connectivity index (χ2v) is 10.6. The van der Waals surface area contributed by atoms with Crippen molar-refractivity contribution in [2.75, 3.05) is 18.5 Å². The number of unbranched alkanes of at least 4 members (excludes halogenated alkanes) is 2. The molecule has 1 atom stereocenters. The highest BCUT2D eigenvalue weighted by Crippen LogP contribution is 2.29. The molecule has 0 aromatic heterocycles. The van der Waals surface area contributed by atoms with E-state index >= 15 is 0 Å².